The van der Waals surface area contributed by atoms with Crippen LogP contribution in [0.4, 0.5) is 10.0 Å². The van der Waals surface area contributed by atoms with Crippen LogP contribution in [0.1, 0.15) is 0 Å². The molecule has 0 aliphatic rings. The molecule has 7 heterocycles. The molecule has 7 aromatic heterocycles. The second-order valence-corrected chi connectivity index (χ2v) is 14.7. The molecule has 45 heavy (non-hydrogen) atoms. The molecule has 0 saturated heterocycles. The monoisotopic (exact) mass is 680 g/mol. The number of aromatic nitrogens is 2. The van der Waals surface area contributed by atoms with E-state index >= 15 is 0 Å². The van der Waals surface area contributed by atoms with Crippen molar-refractivity contribution in [3.63, 3.8) is 0 Å². The Labute approximate surface area is 275 Å². The predicted octanol–water partition coefficient (Wildman–Crippen LogP) is 8.87. The lowest BCUT2D eigenvalue weighted by Gasteiger charge is -2.01. The van der Waals surface area contributed by atoms with Gasteiger partial charge in [0.1, 0.15) is 45.8 Å². The first-order valence-electron chi connectivity index (χ1n) is 12.9. The Morgan fingerprint density at radius 3 is 1.36 bits per heavy atom. The van der Waals surface area contributed by atoms with Gasteiger partial charge in [-0.25, -0.2) is 9.98 Å². The number of hydrogen-bond donors (Lipinski definition) is 0. The molecule has 218 valence electrons. The summed E-state index contributed by atoms with van der Waals surface area (Å²) in [5, 5.41) is 37.6. The number of methoxy groups -OCH3 is 2. The summed E-state index contributed by atoms with van der Waals surface area (Å²) < 4.78 is 20.5. The van der Waals surface area contributed by atoms with E-state index in [2.05, 4.69) is 45.3 Å². The Hall–Kier alpha value is -5.00. The van der Waals surface area contributed by atoms with Crippen LogP contribution in [0.15, 0.2) is 34.3 Å². The number of nitrogens with zero attached hydrogens (tertiary/aromatic N) is 8. The highest BCUT2D eigenvalue weighted by Gasteiger charge is 2.26. The first-order valence-corrected chi connectivity index (χ1v) is 17.0. The number of aliphatic imine (C=N–C) groups is 2. The van der Waals surface area contributed by atoms with Gasteiger partial charge in [-0.3, -0.25) is 0 Å². The smallest absolute Gasteiger partial charge is 0.219 e. The fourth-order valence-electron chi connectivity index (χ4n) is 5.25. The van der Waals surface area contributed by atoms with Crippen molar-refractivity contribution in [2.24, 2.45) is 24.1 Å². The van der Waals surface area contributed by atoms with Gasteiger partial charge in [-0.05, 0) is 12.1 Å². The van der Waals surface area contributed by atoms with E-state index in [1.165, 1.54) is 52.5 Å². The molecule has 7 rings (SSSR count). The second-order valence-electron chi connectivity index (χ2n) is 9.56. The molecule has 0 aliphatic carbocycles. The molecule has 0 unspecified atom stereocenters. The molecule has 0 bridgehead atoms. The van der Waals surface area contributed by atoms with E-state index < -0.39 is 0 Å². The highest BCUT2D eigenvalue weighted by Crippen LogP contribution is 2.54. The van der Waals surface area contributed by atoms with Gasteiger partial charge in [0.05, 0.1) is 74.6 Å². The minimum absolute atomic E-state index is 0.199. The summed E-state index contributed by atoms with van der Waals surface area (Å²) in [7, 11) is 7.37. The van der Waals surface area contributed by atoms with Crippen molar-refractivity contribution in [1.29, 1.82) is 21.0 Å². The molecule has 15 heteroatoms. The van der Waals surface area contributed by atoms with E-state index in [9.17, 15) is 0 Å². The molecule has 7 aromatic rings. The number of fused-ring (bicyclic) bond motifs is 7. The van der Waals surface area contributed by atoms with Gasteiger partial charge in [0, 0.05) is 26.2 Å². The van der Waals surface area contributed by atoms with E-state index in [1.807, 2.05) is 24.3 Å². The minimum Gasteiger partial charge on any atom is -0.495 e. The standard InChI is InChI=1S/C30H16N8O2S5/c1-37-15-5-19(27-17(39-3)7-21(43-27)35-13(9-31)10-32)41-25(15)29-23(37)24-30(45-29)26-16(38(24)2)6-20(42-26)28-18(40-4)8-22(44-28)36-14(11-33)12-34/h5-8H,1-4H3. The molecule has 0 N–H and O–H groups in total. The van der Waals surface area contributed by atoms with Gasteiger partial charge >= 0.3 is 0 Å². The normalized spacial score (nSPS) is 11.0. The molecular weight excluding hydrogens is 665 g/mol. The highest BCUT2D eigenvalue weighted by molar-refractivity contribution is 7.36. The van der Waals surface area contributed by atoms with Crippen LogP contribution in [0, 0.1) is 45.3 Å². The van der Waals surface area contributed by atoms with Crippen molar-refractivity contribution in [1.82, 2.24) is 9.13 Å². The van der Waals surface area contributed by atoms with Crippen LogP contribution in [0.5, 0.6) is 11.5 Å². The predicted molar refractivity (Wildman–Crippen MR) is 184 cm³/mol. The lowest BCUT2D eigenvalue weighted by atomic mass is 10.3. The van der Waals surface area contributed by atoms with Crippen LogP contribution in [0.2, 0.25) is 0 Å². The Balaban J connectivity index is 1.36. The van der Waals surface area contributed by atoms with Gasteiger partial charge in [0.15, 0.2) is 0 Å². The SMILES string of the molecule is COc1cc(N=C(C#N)C#N)sc1-c1cc2c(s1)c1sc3c4sc(-c5sc(N=C(C#N)C#N)cc5OC)cc4n(C)c3c1n2C. The van der Waals surface area contributed by atoms with Crippen LogP contribution in [0.25, 0.3) is 60.4 Å². The number of hydrogen-bond acceptors (Lipinski definition) is 13. The molecule has 0 saturated carbocycles. The molecule has 0 fully saturated rings. The molecule has 10 nitrogen and oxygen atoms in total. The zero-order valence-corrected chi connectivity index (χ0v) is 27.8. The lowest BCUT2D eigenvalue weighted by Crippen LogP contribution is -1.90. The van der Waals surface area contributed by atoms with Crippen molar-refractivity contribution in [3.8, 4) is 55.3 Å². The van der Waals surface area contributed by atoms with Gasteiger partial charge in [0.25, 0.3) is 0 Å². The van der Waals surface area contributed by atoms with Crippen molar-refractivity contribution < 1.29 is 9.47 Å². The molecule has 0 spiro atoms. The van der Waals surface area contributed by atoms with Crippen LogP contribution < -0.4 is 9.47 Å². The van der Waals surface area contributed by atoms with Crippen LogP contribution >= 0.6 is 56.7 Å². The average molecular weight is 681 g/mol. The summed E-state index contributed by atoms with van der Waals surface area (Å²) in [4.78, 5) is 12.2. The number of aryl methyl sites for hydroxylation is 2. The summed E-state index contributed by atoms with van der Waals surface area (Å²) >= 11 is 7.92. The van der Waals surface area contributed by atoms with E-state index in [4.69, 9.17) is 30.5 Å². The van der Waals surface area contributed by atoms with Crippen molar-refractivity contribution in [3.05, 3.63) is 24.3 Å². The van der Waals surface area contributed by atoms with Crippen molar-refractivity contribution in [2.75, 3.05) is 14.2 Å². The lowest BCUT2D eigenvalue weighted by molar-refractivity contribution is 0.418. The maximum Gasteiger partial charge on any atom is 0.219 e. The molecule has 0 aliphatic heterocycles. The average Bonchev–Trinajstić information content (AvgIpc) is 3.89. The Morgan fingerprint density at radius 2 is 1.00 bits per heavy atom. The third-order valence-electron chi connectivity index (χ3n) is 7.21. The highest BCUT2D eigenvalue weighted by atomic mass is 32.1. The molecule has 0 amide bonds. The number of ether oxygens (including phenoxy) is 2. The molecule has 0 atom stereocenters. The Kier molecular flexibility index (Phi) is 6.94. The maximum absolute atomic E-state index is 9.13. The van der Waals surface area contributed by atoms with E-state index in [-0.39, 0.29) is 11.4 Å². The summed E-state index contributed by atoms with van der Waals surface area (Å²) in [5.74, 6) is 1.30. The quantitative estimate of drug-likeness (QED) is 0.160. The minimum atomic E-state index is -0.199. The van der Waals surface area contributed by atoms with Crippen LogP contribution in [-0.4, -0.2) is 34.8 Å². The van der Waals surface area contributed by atoms with E-state index in [0.29, 0.717) is 21.5 Å². The molecule has 0 aromatic carbocycles. The summed E-state index contributed by atoms with van der Waals surface area (Å²) in [6, 6.07) is 15.1. The van der Waals surface area contributed by atoms with Gasteiger partial charge < -0.3 is 18.6 Å². The van der Waals surface area contributed by atoms with E-state index in [0.717, 1.165) is 30.5 Å². The van der Waals surface area contributed by atoms with Crippen molar-refractivity contribution in [2.45, 2.75) is 0 Å². The number of rotatable bonds is 6. The second kappa shape index (κ2) is 10.9. The first-order chi connectivity index (χ1) is 21.8. The third-order valence-corrected chi connectivity index (χ3v) is 13.3. The van der Waals surface area contributed by atoms with E-state index in [1.54, 1.807) is 60.4 Å². The van der Waals surface area contributed by atoms with Gasteiger partial charge in [-0.2, -0.15) is 21.0 Å². The maximum atomic E-state index is 9.13. The molecular formula is C30H16N8O2S5. The van der Waals surface area contributed by atoms with Gasteiger partial charge in [-0.1, -0.05) is 0 Å². The van der Waals surface area contributed by atoms with Gasteiger partial charge in [-0.15, -0.1) is 56.7 Å². The Morgan fingerprint density at radius 1 is 0.600 bits per heavy atom. The summed E-state index contributed by atoms with van der Waals surface area (Å²) in [5.41, 5.74) is 4.19. The zero-order valence-electron chi connectivity index (χ0n) is 23.7. The van der Waals surface area contributed by atoms with Crippen LogP contribution in [0.3, 0.4) is 0 Å². The fourth-order valence-corrected chi connectivity index (χ4v) is 11.5. The van der Waals surface area contributed by atoms with Crippen LogP contribution in [-0.2, 0) is 14.1 Å². The number of thiophene rings is 5. The number of nitriles is 4. The topological polar surface area (TPSA) is 148 Å². The largest absolute Gasteiger partial charge is 0.495 e. The van der Waals surface area contributed by atoms with Crippen molar-refractivity contribution >= 4 is 119 Å². The van der Waals surface area contributed by atoms with Gasteiger partial charge in [0.2, 0.25) is 11.4 Å². The zero-order chi connectivity index (χ0) is 31.6. The summed E-state index contributed by atoms with van der Waals surface area (Å²) in [6.45, 7) is 0. The first kappa shape index (κ1) is 28.8. The summed E-state index contributed by atoms with van der Waals surface area (Å²) in [6.07, 6.45) is 0. The Bertz CT molecular complexity index is 2390. The third kappa shape index (κ3) is 4.33. The molecule has 0 radical (unpaired) electrons. The fraction of sp³-hybridized carbons (Fsp3) is 0.133.